The van der Waals surface area contributed by atoms with Gasteiger partial charge in [-0.2, -0.15) is 0 Å². The van der Waals surface area contributed by atoms with Crippen molar-refractivity contribution in [1.29, 1.82) is 0 Å². The van der Waals surface area contributed by atoms with Crippen LogP contribution < -0.4 is 4.72 Å². The average Bonchev–Trinajstić information content (AvgIpc) is 2.34. The molecule has 0 aromatic rings. The number of piperidine rings is 1. The number of amides is 1. The van der Waals surface area contributed by atoms with Crippen molar-refractivity contribution in [1.82, 2.24) is 9.62 Å². The van der Waals surface area contributed by atoms with Crippen molar-refractivity contribution in [2.24, 2.45) is 11.8 Å². The number of carbonyl (C=O) groups excluding carboxylic acids is 1. The van der Waals surface area contributed by atoms with Crippen LogP contribution in [0.2, 0.25) is 0 Å². The Labute approximate surface area is 110 Å². The number of sulfonamides is 1. The summed E-state index contributed by atoms with van der Waals surface area (Å²) in [4.78, 5) is 13.9. The van der Waals surface area contributed by atoms with E-state index in [1.807, 2.05) is 18.7 Å². The first kappa shape index (κ1) is 15.4. The van der Waals surface area contributed by atoms with E-state index >= 15 is 0 Å². The maximum absolute atomic E-state index is 12.1. The number of rotatable bonds is 5. The van der Waals surface area contributed by atoms with E-state index in [4.69, 9.17) is 0 Å². The lowest BCUT2D eigenvalue weighted by molar-refractivity contribution is -0.136. The predicted octanol–water partition coefficient (Wildman–Crippen LogP) is 0.820. The fourth-order valence-electron chi connectivity index (χ4n) is 2.19. The number of nitrogens with zero attached hydrogens (tertiary/aromatic N) is 1. The van der Waals surface area contributed by atoms with E-state index in [0.717, 1.165) is 32.1 Å². The summed E-state index contributed by atoms with van der Waals surface area (Å²) in [6, 6.07) is 0. The van der Waals surface area contributed by atoms with Crippen molar-refractivity contribution < 1.29 is 13.2 Å². The molecule has 1 aliphatic rings. The Hall–Kier alpha value is -0.620. The molecule has 6 heteroatoms. The number of carbonyl (C=O) groups is 1. The third-order valence-electron chi connectivity index (χ3n) is 3.50. The molecule has 0 bridgehead atoms. The molecule has 1 heterocycles. The molecular weight excluding hydrogens is 252 g/mol. The van der Waals surface area contributed by atoms with Crippen LogP contribution in [0.25, 0.3) is 0 Å². The zero-order valence-corrected chi connectivity index (χ0v) is 12.3. The minimum absolute atomic E-state index is 0.0617. The second-order valence-corrected chi connectivity index (χ2v) is 7.06. The lowest BCUT2D eigenvalue weighted by atomic mass is 9.96. The van der Waals surface area contributed by atoms with E-state index in [0.29, 0.717) is 13.1 Å². The average molecular weight is 276 g/mol. The minimum atomic E-state index is -3.14. The van der Waals surface area contributed by atoms with Crippen molar-refractivity contribution >= 4 is 15.9 Å². The maximum atomic E-state index is 12.1. The lowest BCUT2D eigenvalue weighted by Gasteiger charge is -2.34. The van der Waals surface area contributed by atoms with E-state index in [9.17, 15) is 13.2 Å². The highest BCUT2D eigenvalue weighted by Crippen LogP contribution is 2.18. The molecule has 1 amide bonds. The van der Waals surface area contributed by atoms with Crippen LogP contribution >= 0.6 is 0 Å². The second kappa shape index (κ2) is 6.52. The Morgan fingerprint density at radius 1 is 1.50 bits per heavy atom. The van der Waals surface area contributed by atoms with Crippen molar-refractivity contribution in [2.45, 2.75) is 33.1 Å². The van der Waals surface area contributed by atoms with Gasteiger partial charge in [-0.1, -0.05) is 13.8 Å². The van der Waals surface area contributed by atoms with Gasteiger partial charge in [0.15, 0.2) is 0 Å². The molecule has 0 aromatic carbocycles. The van der Waals surface area contributed by atoms with E-state index in [-0.39, 0.29) is 17.7 Å². The third-order valence-corrected chi connectivity index (χ3v) is 4.19. The topological polar surface area (TPSA) is 66.5 Å². The highest BCUT2D eigenvalue weighted by Gasteiger charge is 2.26. The molecule has 5 nitrogen and oxygen atoms in total. The molecule has 1 saturated heterocycles. The Bertz CT molecular complexity index is 381. The van der Waals surface area contributed by atoms with Gasteiger partial charge in [0.2, 0.25) is 15.9 Å². The van der Waals surface area contributed by atoms with Crippen molar-refractivity contribution in [3.05, 3.63) is 0 Å². The van der Waals surface area contributed by atoms with Crippen LogP contribution in [0.1, 0.15) is 33.1 Å². The molecule has 0 aliphatic carbocycles. The highest BCUT2D eigenvalue weighted by atomic mass is 32.2. The molecule has 106 valence electrons. The normalized spacial score (nSPS) is 22.8. The molecular formula is C12H24N2O3S. The fourth-order valence-corrected chi connectivity index (χ4v) is 2.73. The van der Waals surface area contributed by atoms with Gasteiger partial charge in [-0.05, 0) is 25.2 Å². The third kappa shape index (κ3) is 4.94. The molecule has 1 aliphatic heterocycles. The first-order valence-electron chi connectivity index (χ1n) is 6.57. The zero-order valence-electron chi connectivity index (χ0n) is 11.5. The Morgan fingerprint density at radius 2 is 2.17 bits per heavy atom. The number of nitrogens with one attached hydrogen (secondary N) is 1. The van der Waals surface area contributed by atoms with E-state index in [2.05, 4.69) is 4.72 Å². The highest BCUT2D eigenvalue weighted by molar-refractivity contribution is 7.88. The first-order valence-corrected chi connectivity index (χ1v) is 8.46. The van der Waals surface area contributed by atoms with Crippen LogP contribution in [0, 0.1) is 11.8 Å². The molecule has 0 spiro atoms. The molecule has 18 heavy (non-hydrogen) atoms. The van der Waals surface area contributed by atoms with Gasteiger partial charge in [-0.3, -0.25) is 4.79 Å². The Kier molecular flexibility index (Phi) is 5.59. The quantitative estimate of drug-likeness (QED) is 0.808. The van der Waals surface area contributed by atoms with Crippen LogP contribution in [0.4, 0.5) is 0 Å². The summed E-state index contributed by atoms with van der Waals surface area (Å²) < 4.78 is 24.6. The molecule has 2 atom stereocenters. The Morgan fingerprint density at radius 3 is 2.72 bits per heavy atom. The molecule has 1 rings (SSSR count). The van der Waals surface area contributed by atoms with Gasteiger partial charge < -0.3 is 4.90 Å². The zero-order chi connectivity index (χ0) is 13.8. The summed E-state index contributed by atoms with van der Waals surface area (Å²) in [5, 5.41) is 0. The second-order valence-electron chi connectivity index (χ2n) is 5.22. The van der Waals surface area contributed by atoms with Gasteiger partial charge >= 0.3 is 0 Å². The number of likely N-dealkylation sites (tertiary alicyclic amines) is 1. The molecule has 0 saturated carbocycles. The molecule has 1 N–H and O–H groups in total. The van der Waals surface area contributed by atoms with E-state index in [1.54, 1.807) is 0 Å². The van der Waals surface area contributed by atoms with Gasteiger partial charge in [0.05, 0.1) is 6.26 Å². The van der Waals surface area contributed by atoms with Gasteiger partial charge in [0.25, 0.3) is 0 Å². The van der Waals surface area contributed by atoms with Crippen molar-refractivity contribution in [3.63, 3.8) is 0 Å². The Balaban J connectivity index is 2.48. The largest absolute Gasteiger partial charge is 0.342 e. The summed E-state index contributed by atoms with van der Waals surface area (Å²) in [6.45, 7) is 5.86. The van der Waals surface area contributed by atoms with Crippen LogP contribution in [0.15, 0.2) is 0 Å². The summed E-state index contributed by atoms with van der Waals surface area (Å²) in [6.07, 6.45) is 3.95. The van der Waals surface area contributed by atoms with Crippen LogP contribution in [0.3, 0.4) is 0 Å². The molecule has 0 aromatic heterocycles. The van der Waals surface area contributed by atoms with E-state index in [1.165, 1.54) is 0 Å². The van der Waals surface area contributed by atoms with Crippen molar-refractivity contribution in [3.8, 4) is 0 Å². The maximum Gasteiger partial charge on any atom is 0.225 e. The SMILES string of the molecule is CC[C@@H](C)C(=O)N1CCC[C@@H](CNS(C)(=O)=O)C1. The van der Waals surface area contributed by atoms with Crippen LogP contribution in [-0.4, -0.2) is 45.1 Å². The number of hydrogen-bond donors (Lipinski definition) is 1. The van der Waals surface area contributed by atoms with Gasteiger partial charge in [0.1, 0.15) is 0 Å². The minimum Gasteiger partial charge on any atom is -0.342 e. The summed E-state index contributed by atoms with van der Waals surface area (Å²) in [7, 11) is -3.14. The summed E-state index contributed by atoms with van der Waals surface area (Å²) in [5.41, 5.74) is 0. The van der Waals surface area contributed by atoms with E-state index < -0.39 is 10.0 Å². The first-order chi connectivity index (χ1) is 8.33. The summed E-state index contributed by atoms with van der Waals surface area (Å²) >= 11 is 0. The van der Waals surface area contributed by atoms with Crippen LogP contribution in [-0.2, 0) is 14.8 Å². The monoisotopic (exact) mass is 276 g/mol. The molecule has 0 radical (unpaired) electrons. The van der Waals surface area contributed by atoms with Gasteiger partial charge in [0, 0.05) is 25.6 Å². The lowest BCUT2D eigenvalue weighted by Crippen LogP contribution is -2.45. The molecule has 1 fully saturated rings. The fraction of sp³-hybridized carbons (Fsp3) is 0.917. The summed E-state index contributed by atoms with van der Waals surface area (Å²) in [5.74, 6) is 0.495. The van der Waals surface area contributed by atoms with Crippen LogP contribution in [0.5, 0.6) is 0 Å². The standard InChI is InChI=1S/C12H24N2O3S/c1-4-10(2)12(15)14-7-5-6-11(9-14)8-13-18(3,16)17/h10-11,13H,4-9H2,1-3H3/t10-,11+/m1/s1. The van der Waals surface area contributed by atoms with Gasteiger partial charge in [-0.25, -0.2) is 13.1 Å². The van der Waals surface area contributed by atoms with Gasteiger partial charge in [-0.15, -0.1) is 0 Å². The smallest absolute Gasteiger partial charge is 0.225 e. The number of hydrogen-bond acceptors (Lipinski definition) is 3. The predicted molar refractivity (Wildman–Crippen MR) is 71.6 cm³/mol. The molecule has 0 unspecified atom stereocenters. The van der Waals surface area contributed by atoms with Crippen molar-refractivity contribution in [2.75, 3.05) is 25.9 Å².